The van der Waals surface area contributed by atoms with Crippen LogP contribution in [0.2, 0.25) is 0 Å². The number of hydrogen-bond acceptors (Lipinski definition) is 6. The molecule has 3 aromatic rings. The number of anilines is 1. The number of thiazole rings is 1. The second-order valence-corrected chi connectivity index (χ2v) is 5.18. The summed E-state index contributed by atoms with van der Waals surface area (Å²) in [5.74, 6) is 0. The van der Waals surface area contributed by atoms with E-state index in [1.807, 2.05) is 0 Å². The lowest BCUT2D eigenvalue weighted by Gasteiger charge is -2.08. The van der Waals surface area contributed by atoms with Gasteiger partial charge in [0, 0.05) is 40.6 Å². The van der Waals surface area contributed by atoms with Gasteiger partial charge in [0.25, 0.3) is 5.69 Å². The first-order chi connectivity index (χ1) is 10.1. The number of nitrogens with one attached hydrogen (secondary N) is 2. The average molecular weight is 302 g/mol. The lowest BCUT2D eigenvalue weighted by molar-refractivity contribution is -0.383. The fourth-order valence-electron chi connectivity index (χ4n) is 2.08. The Balaban J connectivity index is 1.97. The Labute approximate surface area is 122 Å². The highest BCUT2D eigenvalue weighted by Crippen LogP contribution is 2.30. The lowest BCUT2D eigenvalue weighted by atomic mass is 10.1. The SMILES string of the molecule is O=c1[nH]c(CNc2ccc([N+](=O)[O-])c3ccncc23)cs1. The molecule has 0 saturated heterocycles. The normalized spacial score (nSPS) is 10.7. The number of non-ortho nitro benzene ring substituents is 1. The van der Waals surface area contributed by atoms with Crippen LogP contribution in [0.4, 0.5) is 11.4 Å². The molecule has 0 aliphatic carbocycles. The summed E-state index contributed by atoms with van der Waals surface area (Å²) in [4.78, 5) is 28.3. The molecule has 0 spiro atoms. The Hall–Kier alpha value is -2.74. The Kier molecular flexibility index (Phi) is 3.36. The second-order valence-electron chi connectivity index (χ2n) is 4.34. The third kappa shape index (κ3) is 2.61. The van der Waals surface area contributed by atoms with Crippen molar-refractivity contribution < 1.29 is 4.92 Å². The van der Waals surface area contributed by atoms with E-state index in [0.717, 1.165) is 22.7 Å². The number of nitrogens with zero attached hydrogens (tertiary/aromatic N) is 2. The highest BCUT2D eigenvalue weighted by atomic mass is 32.1. The zero-order valence-electron chi connectivity index (χ0n) is 10.7. The zero-order valence-corrected chi connectivity index (χ0v) is 11.5. The lowest BCUT2D eigenvalue weighted by Crippen LogP contribution is -2.03. The molecule has 0 atom stereocenters. The average Bonchev–Trinajstić information content (AvgIpc) is 2.90. The predicted octanol–water partition coefficient (Wildman–Crippen LogP) is 2.50. The molecule has 2 N–H and O–H groups in total. The van der Waals surface area contributed by atoms with Crippen molar-refractivity contribution in [2.45, 2.75) is 6.54 Å². The van der Waals surface area contributed by atoms with Crippen LogP contribution in [0.5, 0.6) is 0 Å². The molecule has 3 rings (SSSR count). The molecule has 0 saturated carbocycles. The Morgan fingerprint density at radius 3 is 2.90 bits per heavy atom. The van der Waals surface area contributed by atoms with Crippen molar-refractivity contribution in [1.82, 2.24) is 9.97 Å². The first kappa shape index (κ1) is 13.3. The van der Waals surface area contributed by atoms with Gasteiger partial charge in [0.2, 0.25) is 0 Å². The van der Waals surface area contributed by atoms with Gasteiger partial charge in [-0.15, -0.1) is 0 Å². The van der Waals surface area contributed by atoms with Crippen LogP contribution in [0.25, 0.3) is 10.8 Å². The van der Waals surface area contributed by atoms with Crippen LogP contribution >= 0.6 is 11.3 Å². The van der Waals surface area contributed by atoms with Crippen molar-refractivity contribution in [2.75, 3.05) is 5.32 Å². The molecule has 0 radical (unpaired) electrons. The van der Waals surface area contributed by atoms with Crippen LogP contribution in [0, 0.1) is 10.1 Å². The standard InChI is InChI=1S/C13H10N4O3S/c18-13-16-8(7-21-13)5-15-11-1-2-12(17(19)20)9-3-4-14-6-10(9)11/h1-4,6-7,15H,5H2,(H,16,18). The first-order valence-electron chi connectivity index (χ1n) is 6.07. The van der Waals surface area contributed by atoms with Gasteiger partial charge in [-0.1, -0.05) is 11.3 Å². The van der Waals surface area contributed by atoms with E-state index in [2.05, 4.69) is 15.3 Å². The number of nitro benzene ring substituents is 1. The third-order valence-electron chi connectivity index (χ3n) is 3.03. The molecule has 0 amide bonds. The van der Waals surface area contributed by atoms with Crippen LogP contribution in [-0.4, -0.2) is 14.9 Å². The minimum Gasteiger partial charge on any atom is -0.379 e. The number of hydrogen-bond donors (Lipinski definition) is 2. The maximum absolute atomic E-state index is 11.1. The Morgan fingerprint density at radius 1 is 1.33 bits per heavy atom. The monoisotopic (exact) mass is 302 g/mol. The molecule has 0 unspecified atom stereocenters. The van der Waals surface area contributed by atoms with Crippen molar-refractivity contribution >= 4 is 33.5 Å². The molecule has 2 aromatic heterocycles. The van der Waals surface area contributed by atoms with Gasteiger partial charge in [-0.25, -0.2) is 0 Å². The van der Waals surface area contributed by atoms with Crippen molar-refractivity contribution in [1.29, 1.82) is 0 Å². The van der Waals surface area contributed by atoms with E-state index in [1.165, 1.54) is 12.3 Å². The minimum absolute atomic E-state index is 0.0434. The number of fused-ring (bicyclic) bond motifs is 1. The summed E-state index contributed by atoms with van der Waals surface area (Å²) in [5, 5.41) is 17.1. The summed E-state index contributed by atoms with van der Waals surface area (Å²) in [6.45, 7) is 0.431. The number of aromatic nitrogens is 2. The van der Waals surface area contributed by atoms with Crippen LogP contribution in [0.1, 0.15) is 5.69 Å². The van der Waals surface area contributed by atoms with E-state index in [9.17, 15) is 14.9 Å². The van der Waals surface area contributed by atoms with Gasteiger partial charge in [-0.2, -0.15) is 0 Å². The van der Waals surface area contributed by atoms with Gasteiger partial charge in [0.15, 0.2) is 0 Å². The number of pyridine rings is 1. The molecular weight excluding hydrogens is 292 g/mol. The minimum atomic E-state index is -0.414. The van der Waals surface area contributed by atoms with Crippen molar-refractivity contribution in [2.24, 2.45) is 0 Å². The highest BCUT2D eigenvalue weighted by molar-refractivity contribution is 7.07. The number of aromatic amines is 1. The topological polar surface area (TPSA) is 101 Å². The maximum atomic E-state index is 11.1. The van der Waals surface area contributed by atoms with E-state index >= 15 is 0 Å². The second kappa shape index (κ2) is 5.33. The molecule has 0 aliphatic rings. The molecule has 8 heteroatoms. The van der Waals surface area contributed by atoms with Gasteiger partial charge in [0.1, 0.15) is 0 Å². The van der Waals surface area contributed by atoms with Crippen molar-refractivity contribution in [3.8, 4) is 0 Å². The van der Waals surface area contributed by atoms with E-state index < -0.39 is 4.92 Å². The summed E-state index contributed by atoms with van der Waals surface area (Å²) in [5.41, 5.74) is 1.54. The molecule has 1 aromatic carbocycles. The van der Waals surface area contributed by atoms with Crippen LogP contribution in [-0.2, 0) is 6.54 Å². The summed E-state index contributed by atoms with van der Waals surface area (Å²) in [7, 11) is 0. The molecule has 0 bridgehead atoms. The Bertz CT molecular complexity index is 871. The number of rotatable bonds is 4. The summed E-state index contributed by atoms with van der Waals surface area (Å²) in [6, 6.07) is 4.72. The smallest absolute Gasteiger partial charge is 0.304 e. The van der Waals surface area contributed by atoms with E-state index in [0.29, 0.717) is 17.3 Å². The molecule has 7 nitrogen and oxygen atoms in total. The molecule has 21 heavy (non-hydrogen) atoms. The van der Waals surface area contributed by atoms with Crippen molar-refractivity contribution in [3.63, 3.8) is 0 Å². The van der Waals surface area contributed by atoms with Gasteiger partial charge in [-0.3, -0.25) is 19.9 Å². The Morgan fingerprint density at radius 2 is 2.19 bits per heavy atom. The van der Waals surface area contributed by atoms with Gasteiger partial charge in [-0.05, 0) is 12.1 Å². The fraction of sp³-hybridized carbons (Fsp3) is 0.0769. The molecule has 2 heterocycles. The van der Waals surface area contributed by atoms with Crippen LogP contribution in [0.15, 0.2) is 40.8 Å². The largest absolute Gasteiger partial charge is 0.379 e. The summed E-state index contributed by atoms with van der Waals surface area (Å²) < 4.78 is 0. The maximum Gasteiger partial charge on any atom is 0.304 e. The van der Waals surface area contributed by atoms with E-state index in [-0.39, 0.29) is 10.6 Å². The van der Waals surface area contributed by atoms with Gasteiger partial charge < -0.3 is 10.3 Å². The van der Waals surface area contributed by atoms with Gasteiger partial charge in [0.05, 0.1) is 16.9 Å². The van der Waals surface area contributed by atoms with E-state index in [4.69, 9.17) is 0 Å². The molecule has 0 fully saturated rings. The number of benzene rings is 1. The molecular formula is C13H10N4O3S. The zero-order chi connectivity index (χ0) is 14.8. The fourth-order valence-corrected chi connectivity index (χ4v) is 2.66. The van der Waals surface area contributed by atoms with Gasteiger partial charge >= 0.3 is 4.87 Å². The molecule has 0 aliphatic heterocycles. The summed E-state index contributed by atoms with van der Waals surface area (Å²) >= 11 is 1.10. The first-order valence-corrected chi connectivity index (χ1v) is 6.95. The third-order valence-corrected chi connectivity index (χ3v) is 3.75. The van der Waals surface area contributed by atoms with Crippen LogP contribution in [0.3, 0.4) is 0 Å². The molecule has 106 valence electrons. The van der Waals surface area contributed by atoms with Crippen LogP contribution < -0.4 is 10.2 Å². The van der Waals surface area contributed by atoms with E-state index in [1.54, 1.807) is 23.7 Å². The number of H-pyrrole nitrogens is 1. The quantitative estimate of drug-likeness (QED) is 0.569. The van der Waals surface area contributed by atoms with Crippen molar-refractivity contribution in [3.05, 3.63) is 61.4 Å². The predicted molar refractivity (Wildman–Crippen MR) is 80.7 cm³/mol. The highest BCUT2D eigenvalue weighted by Gasteiger charge is 2.14. The number of nitro groups is 1. The summed E-state index contributed by atoms with van der Waals surface area (Å²) in [6.07, 6.45) is 3.11.